The van der Waals surface area contributed by atoms with E-state index in [0.29, 0.717) is 12.4 Å². The molecule has 4 heteroatoms. The predicted octanol–water partition coefficient (Wildman–Crippen LogP) is 4.62. The zero-order valence-electron chi connectivity index (χ0n) is 18.3. The Morgan fingerprint density at radius 2 is 1.39 bits per heavy atom. The monoisotopic (exact) mass is 416 g/mol. The fourth-order valence-electron chi connectivity index (χ4n) is 4.19. The second kappa shape index (κ2) is 10.6. The molecule has 0 unspecified atom stereocenters. The van der Waals surface area contributed by atoms with Crippen molar-refractivity contribution in [2.75, 3.05) is 39.3 Å². The van der Waals surface area contributed by atoms with Gasteiger partial charge in [-0.2, -0.15) is 0 Å². The molecule has 0 amide bonds. The molecule has 0 radical (unpaired) electrons. The van der Waals surface area contributed by atoms with Crippen molar-refractivity contribution in [2.45, 2.75) is 19.6 Å². The lowest BCUT2D eigenvalue weighted by Gasteiger charge is -2.35. The maximum Gasteiger partial charge on any atom is 0.118 e. The average Bonchev–Trinajstić information content (AvgIpc) is 2.81. The molecule has 0 aromatic heterocycles. The lowest BCUT2D eigenvalue weighted by molar-refractivity contribution is 0.0442. The van der Waals surface area contributed by atoms with Gasteiger partial charge in [-0.3, -0.25) is 9.80 Å². The largest absolute Gasteiger partial charge is 0.508 e. The summed E-state index contributed by atoms with van der Waals surface area (Å²) in [7, 11) is 0. The number of benzene rings is 3. The Kier molecular flexibility index (Phi) is 7.36. The topological polar surface area (TPSA) is 35.9 Å². The number of phenols is 1. The molecule has 4 nitrogen and oxygen atoms in total. The Labute approximate surface area is 185 Å². The Balaban J connectivity index is 1.26. The van der Waals surface area contributed by atoms with Crippen molar-refractivity contribution in [2.24, 2.45) is 0 Å². The highest BCUT2D eigenvalue weighted by Gasteiger charge is 2.19. The summed E-state index contributed by atoms with van der Waals surface area (Å²) in [5.74, 6) is 0.373. The van der Waals surface area contributed by atoms with E-state index >= 15 is 0 Å². The third-order valence-electron chi connectivity index (χ3n) is 6.03. The Morgan fingerprint density at radius 1 is 0.806 bits per heavy atom. The fourth-order valence-corrected chi connectivity index (χ4v) is 4.19. The van der Waals surface area contributed by atoms with Crippen LogP contribution in [0.25, 0.3) is 0 Å². The van der Waals surface area contributed by atoms with E-state index in [2.05, 4.69) is 64.4 Å². The van der Waals surface area contributed by atoms with Crippen LogP contribution in [0.3, 0.4) is 0 Å². The van der Waals surface area contributed by atoms with Crippen molar-refractivity contribution in [3.8, 4) is 5.75 Å². The number of aromatic hydroxyl groups is 1. The Hall–Kier alpha value is -2.66. The molecular weight excluding hydrogens is 384 g/mol. The van der Waals surface area contributed by atoms with E-state index < -0.39 is 0 Å². The van der Waals surface area contributed by atoms with Crippen molar-refractivity contribution in [1.82, 2.24) is 9.80 Å². The number of aryl methyl sites for hydroxylation is 1. The summed E-state index contributed by atoms with van der Waals surface area (Å²) in [5, 5.41) is 9.72. The summed E-state index contributed by atoms with van der Waals surface area (Å²) in [6.07, 6.45) is -0.0265. The number of hydrogen-bond acceptors (Lipinski definition) is 4. The van der Waals surface area contributed by atoms with E-state index in [0.717, 1.165) is 44.8 Å². The van der Waals surface area contributed by atoms with E-state index in [9.17, 15) is 5.11 Å². The molecule has 31 heavy (non-hydrogen) atoms. The van der Waals surface area contributed by atoms with Gasteiger partial charge in [-0.15, -0.1) is 0 Å². The summed E-state index contributed by atoms with van der Waals surface area (Å²) in [6, 6.07) is 26.9. The van der Waals surface area contributed by atoms with Gasteiger partial charge in [-0.25, -0.2) is 0 Å². The summed E-state index contributed by atoms with van der Waals surface area (Å²) in [4.78, 5) is 4.98. The van der Waals surface area contributed by atoms with Gasteiger partial charge >= 0.3 is 0 Å². The van der Waals surface area contributed by atoms with Gasteiger partial charge < -0.3 is 9.84 Å². The third kappa shape index (κ3) is 5.95. The highest BCUT2D eigenvalue weighted by atomic mass is 16.5. The minimum atomic E-state index is -0.0265. The molecule has 0 spiro atoms. The summed E-state index contributed by atoms with van der Waals surface area (Å²) in [6.45, 7) is 8.78. The molecule has 1 aliphatic heterocycles. The molecule has 4 rings (SSSR count). The highest BCUT2D eigenvalue weighted by Crippen LogP contribution is 2.25. The number of nitrogens with zero attached hydrogens (tertiary/aromatic N) is 2. The third-order valence-corrected chi connectivity index (χ3v) is 6.03. The number of hydrogen-bond donors (Lipinski definition) is 1. The molecule has 1 heterocycles. The van der Waals surface area contributed by atoms with Crippen LogP contribution < -0.4 is 0 Å². The van der Waals surface area contributed by atoms with Crippen molar-refractivity contribution < 1.29 is 9.84 Å². The molecule has 1 fully saturated rings. The number of piperazine rings is 1. The average molecular weight is 417 g/mol. The van der Waals surface area contributed by atoms with E-state index in [1.165, 1.54) is 16.7 Å². The van der Waals surface area contributed by atoms with Gasteiger partial charge in [-0.05, 0) is 35.2 Å². The van der Waals surface area contributed by atoms with Crippen LogP contribution in [-0.2, 0) is 11.3 Å². The second-order valence-corrected chi connectivity index (χ2v) is 8.31. The SMILES string of the molecule is Cc1cc(CN2CCN(CCOC(c3ccccc3)c3ccccc3)CC2)ccc1O. The van der Waals surface area contributed by atoms with Gasteiger partial charge in [0.25, 0.3) is 0 Å². The molecule has 3 aromatic carbocycles. The van der Waals surface area contributed by atoms with Gasteiger partial charge in [0, 0.05) is 39.3 Å². The van der Waals surface area contributed by atoms with Gasteiger partial charge in [0.2, 0.25) is 0 Å². The van der Waals surface area contributed by atoms with Crippen molar-refractivity contribution in [3.63, 3.8) is 0 Å². The molecule has 0 saturated carbocycles. The van der Waals surface area contributed by atoms with E-state index in [-0.39, 0.29) is 6.10 Å². The minimum Gasteiger partial charge on any atom is -0.508 e. The van der Waals surface area contributed by atoms with E-state index in [1.54, 1.807) is 6.07 Å². The van der Waals surface area contributed by atoms with Crippen molar-refractivity contribution >= 4 is 0 Å². The molecule has 0 aliphatic carbocycles. The fraction of sp³-hybridized carbons (Fsp3) is 0.333. The van der Waals surface area contributed by atoms with Crippen LogP contribution in [-0.4, -0.2) is 54.2 Å². The van der Waals surface area contributed by atoms with E-state index in [4.69, 9.17) is 4.74 Å². The lowest BCUT2D eigenvalue weighted by Crippen LogP contribution is -2.46. The van der Waals surface area contributed by atoms with Crippen molar-refractivity contribution in [1.29, 1.82) is 0 Å². The van der Waals surface area contributed by atoms with Gasteiger partial charge in [-0.1, -0.05) is 72.8 Å². The standard InChI is InChI=1S/C27H32N2O2/c1-22-20-23(12-13-26(22)30)21-29-16-14-28(15-17-29)18-19-31-27(24-8-4-2-5-9-24)25-10-6-3-7-11-25/h2-13,20,27,30H,14-19,21H2,1H3. The van der Waals surface area contributed by atoms with Gasteiger partial charge in [0.05, 0.1) is 6.61 Å². The highest BCUT2D eigenvalue weighted by molar-refractivity contribution is 5.35. The zero-order chi connectivity index (χ0) is 21.5. The maximum atomic E-state index is 9.72. The first kappa shape index (κ1) is 21.6. The normalized spacial score (nSPS) is 15.4. The Morgan fingerprint density at radius 3 is 1.97 bits per heavy atom. The first-order valence-corrected chi connectivity index (χ1v) is 11.1. The van der Waals surface area contributed by atoms with Crippen LogP contribution in [0.5, 0.6) is 5.75 Å². The number of phenolic OH excluding ortho intramolecular Hbond substituents is 1. The first-order chi connectivity index (χ1) is 15.2. The minimum absolute atomic E-state index is 0.0265. The van der Waals surface area contributed by atoms with Crippen LogP contribution in [0.2, 0.25) is 0 Å². The Bertz CT molecular complexity index is 898. The maximum absolute atomic E-state index is 9.72. The number of rotatable bonds is 8. The zero-order valence-corrected chi connectivity index (χ0v) is 18.3. The van der Waals surface area contributed by atoms with Crippen molar-refractivity contribution in [3.05, 3.63) is 101 Å². The number of ether oxygens (including phenoxy) is 1. The smallest absolute Gasteiger partial charge is 0.118 e. The van der Waals surface area contributed by atoms with Crippen LogP contribution in [0, 0.1) is 6.92 Å². The molecule has 1 N–H and O–H groups in total. The molecule has 162 valence electrons. The lowest BCUT2D eigenvalue weighted by atomic mass is 10.0. The molecule has 1 aliphatic rings. The van der Waals surface area contributed by atoms with E-state index in [1.807, 2.05) is 25.1 Å². The van der Waals surface area contributed by atoms with Crippen LogP contribution in [0.1, 0.15) is 28.4 Å². The van der Waals surface area contributed by atoms with Gasteiger partial charge in [0.1, 0.15) is 11.9 Å². The molecule has 3 aromatic rings. The summed E-state index contributed by atoms with van der Waals surface area (Å²) in [5.41, 5.74) is 4.60. The first-order valence-electron chi connectivity index (χ1n) is 11.1. The molecule has 1 saturated heterocycles. The quantitative estimate of drug-likeness (QED) is 0.581. The predicted molar refractivity (Wildman–Crippen MR) is 125 cm³/mol. The molecule has 0 bridgehead atoms. The van der Waals surface area contributed by atoms with Gasteiger partial charge in [0.15, 0.2) is 0 Å². The molecular formula is C27H32N2O2. The summed E-state index contributed by atoms with van der Waals surface area (Å²) >= 11 is 0. The van der Waals surface area contributed by atoms with Crippen LogP contribution in [0.4, 0.5) is 0 Å². The second-order valence-electron chi connectivity index (χ2n) is 8.31. The van der Waals surface area contributed by atoms with Crippen LogP contribution in [0.15, 0.2) is 78.9 Å². The molecule has 0 atom stereocenters. The summed E-state index contributed by atoms with van der Waals surface area (Å²) < 4.78 is 6.38. The van der Waals surface area contributed by atoms with Crippen LogP contribution >= 0.6 is 0 Å².